The molecule has 28 heavy (non-hydrogen) atoms. The monoisotopic (exact) mass is 381 g/mol. The van der Waals surface area contributed by atoms with Crippen molar-refractivity contribution >= 4 is 22.2 Å². The first-order chi connectivity index (χ1) is 13.7. The molecular formula is C20H20FN5O2. The van der Waals surface area contributed by atoms with E-state index >= 15 is 0 Å². The minimum Gasteiger partial charge on any atom is -0.381 e. The fraction of sp³-hybridized carbons (Fsp3) is 0.350. The molecule has 0 radical (unpaired) electrons. The van der Waals surface area contributed by atoms with Crippen LogP contribution in [0.3, 0.4) is 0 Å². The zero-order valence-electron chi connectivity index (χ0n) is 15.2. The maximum atomic E-state index is 14.9. The number of fused-ring (bicyclic) bond motifs is 2. The van der Waals surface area contributed by atoms with Gasteiger partial charge in [-0.15, -0.1) is 0 Å². The summed E-state index contributed by atoms with van der Waals surface area (Å²) in [4.78, 5) is 27.0. The second-order valence-corrected chi connectivity index (χ2v) is 7.24. The molecule has 1 unspecified atom stereocenters. The van der Waals surface area contributed by atoms with E-state index in [1.807, 2.05) is 24.4 Å². The second kappa shape index (κ2) is 6.87. The van der Waals surface area contributed by atoms with E-state index < -0.39 is 6.17 Å². The number of nitrogens with zero attached hydrogens (tertiary/aromatic N) is 3. The van der Waals surface area contributed by atoms with Crippen LogP contribution >= 0.6 is 0 Å². The number of alkyl halides is 1. The van der Waals surface area contributed by atoms with Gasteiger partial charge in [0.05, 0.1) is 12.1 Å². The molecular weight excluding hydrogens is 361 g/mol. The minimum atomic E-state index is -1.10. The van der Waals surface area contributed by atoms with E-state index in [-0.39, 0.29) is 18.2 Å². The average molecular weight is 381 g/mol. The van der Waals surface area contributed by atoms with Gasteiger partial charge in [0.25, 0.3) is 0 Å². The van der Waals surface area contributed by atoms with Crippen LogP contribution in [0.15, 0.2) is 41.6 Å². The molecule has 0 amide bonds. The molecule has 0 aromatic carbocycles. The molecule has 1 saturated heterocycles. The van der Waals surface area contributed by atoms with Crippen molar-refractivity contribution < 1.29 is 9.13 Å². The van der Waals surface area contributed by atoms with E-state index in [0.717, 1.165) is 22.2 Å². The Kier molecular flexibility index (Phi) is 4.20. The van der Waals surface area contributed by atoms with Gasteiger partial charge in [-0.05, 0) is 37.0 Å². The lowest BCUT2D eigenvalue weighted by atomic mass is 9.95. The molecule has 4 aromatic heterocycles. The third-order valence-corrected chi connectivity index (χ3v) is 5.50. The van der Waals surface area contributed by atoms with Gasteiger partial charge in [0.15, 0.2) is 5.65 Å². The second-order valence-electron chi connectivity index (χ2n) is 7.24. The summed E-state index contributed by atoms with van der Waals surface area (Å²) in [5, 5.41) is 0.993. The molecule has 8 heteroatoms. The summed E-state index contributed by atoms with van der Waals surface area (Å²) < 4.78 is 21.6. The molecule has 0 aliphatic carbocycles. The highest BCUT2D eigenvalue weighted by molar-refractivity contribution is 5.84. The minimum absolute atomic E-state index is 0.0176. The van der Waals surface area contributed by atoms with Crippen molar-refractivity contribution in [2.75, 3.05) is 13.2 Å². The van der Waals surface area contributed by atoms with Gasteiger partial charge in [0, 0.05) is 48.3 Å². The van der Waals surface area contributed by atoms with Gasteiger partial charge in [0.2, 0.25) is 0 Å². The van der Waals surface area contributed by atoms with Crippen LogP contribution in [0.4, 0.5) is 4.39 Å². The van der Waals surface area contributed by atoms with Crippen LogP contribution in [0.25, 0.3) is 33.3 Å². The largest absolute Gasteiger partial charge is 0.381 e. The summed E-state index contributed by atoms with van der Waals surface area (Å²) in [6.45, 7) is 1.17. The van der Waals surface area contributed by atoms with E-state index in [1.165, 1.54) is 4.57 Å². The number of ether oxygens (including phenoxy) is 1. The summed E-state index contributed by atoms with van der Waals surface area (Å²) in [5.41, 5.74) is 3.26. The van der Waals surface area contributed by atoms with Crippen LogP contribution < -0.4 is 5.69 Å². The molecule has 5 heterocycles. The number of hydrogen-bond acceptors (Lipinski definition) is 4. The van der Waals surface area contributed by atoms with Crippen molar-refractivity contribution in [3.05, 3.63) is 47.3 Å². The van der Waals surface area contributed by atoms with Crippen molar-refractivity contribution in [2.24, 2.45) is 5.92 Å². The van der Waals surface area contributed by atoms with E-state index in [1.54, 1.807) is 12.4 Å². The van der Waals surface area contributed by atoms with Gasteiger partial charge >= 0.3 is 5.69 Å². The molecule has 7 nitrogen and oxygen atoms in total. The van der Waals surface area contributed by atoms with Gasteiger partial charge in [0.1, 0.15) is 11.8 Å². The van der Waals surface area contributed by atoms with Crippen molar-refractivity contribution in [3.63, 3.8) is 0 Å². The summed E-state index contributed by atoms with van der Waals surface area (Å²) in [6.07, 6.45) is 5.57. The summed E-state index contributed by atoms with van der Waals surface area (Å²) in [7, 11) is 0. The van der Waals surface area contributed by atoms with Gasteiger partial charge in [-0.2, -0.15) is 0 Å². The van der Waals surface area contributed by atoms with E-state index in [0.29, 0.717) is 37.2 Å². The van der Waals surface area contributed by atoms with Crippen molar-refractivity contribution in [2.45, 2.75) is 25.6 Å². The molecule has 5 rings (SSSR count). The van der Waals surface area contributed by atoms with E-state index in [2.05, 4.69) is 19.9 Å². The number of pyridine rings is 2. The number of rotatable bonds is 4. The molecule has 1 aliphatic heterocycles. The first-order valence-electron chi connectivity index (χ1n) is 9.43. The van der Waals surface area contributed by atoms with Gasteiger partial charge < -0.3 is 9.72 Å². The maximum absolute atomic E-state index is 14.9. The third kappa shape index (κ3) is 2.99. The number of nitrogens with one attached hydrogen (secondary N) is 2. The maximum Gasteiger partial charge on any atom is 0.327 e. The number of halogens is 1. The number of aromatic nitrogens is 5. The topological polar surface area (TPSA) is 88.6 Å². The van der Waals surface area contributed by atoms with Gasteiger partial charge in [-0.1, -0.05) is 0 Å². The first-order valence-corrected chi connectivity index (χ1v) is 9.43. The predicted molar refractivity (Wildman–Crippen MR) is 104 cm³/mol. The molecule has 1 aliphatic rings. The van der Waals surface area contributed by atoms with Crippen LogP contribution in [0.2, 0.25) is 0 Å². The number of hydrogen-bond donors (Lipinski definition) is 2. The highest BCUT2D eigenvalue weighted by Crippen LogP contribution is 2.26. The summed E-state index contributed by atoms with van der Waals surface area (Å²) in [5.74, 6) is -0.0815. The molecule has 4 aromatic rings. The quantitative estimate of drug-likeness (QED) is 0.569. The Hall–Kier alpha value is -3.00. The Balaban J connectivity index is 1.51. The molecule has 144 valence electrons. The van der Waals surface area contributed by atoms with Crippen LogP contribution in [-0.4, -0.2) is 43.9 Å². The lowest BCUT2D eigenvalue weighted by Crippen LogP contribution is -2.31. The molecule has 0 bridgehead atoms. The highest BCUT2D eigenvalue weighted by Gasteiger charge is 2.25. The van der Waals surface area contributed by atoms with Crippen molar-refractivity contribution in [1.82, 2.24) is 24.5 Å². The number of imidazole rings is 1. The van der Waals surface area contributed by atoms with Gasteiger partial charge in [-0.3, -0.25) is 9.55 Å². The number of H-pyrrole nitrogens is 2. The predicted octanol–water partition coefficient (Wildman–Crippen LogP) is 3.03. The zero-order valence-corrected chi connectivity index (χ0v) is 15.2. The lowest BCUT2D eigenvalue weighted by Gasteiger charge is -2.25. The van der Waals surface area contributed by atoms with Gasteiger partial charge in [-0.25, -0.2) is 19.2 Å². The van der Waals surface area contributed by atoms with Crippen molar-refractivity contribution in [3.8, 4) is 11.1 Å². The smallest absolute Gasteiger partial charge is 0.327 e. The lowest BCUT2D eigenvalue weighted by molar-refractivity contribution is 0.0328. The Morgan fingerprint density at radius 1 is 1.18 bits per heavy atom. The fourth-order valence-electron chi connectivity index (χ4n) is 3.87. The van der Waals surface area contributed by atoms with Crippen LogP contribution in [0.1, 0.15) is 12.8 Å². The molecule has 2 N–H and O–H groups in total. The third-order valence-electron chi connectivity index (χ3n) is 5.50. The Morgan fingerprint density at radius 3 is 2.75 bits per heavy atom. The number of aromatic amines is 2. The van der Waals surface area contributed by atoms with Crippen molar-refractivity contribution in [1.29, 1.82) is 0 Å². The Bertz CT molecular complexity index is 1190. The molecule has 0 saturated carbocycles. The molecule has 0 spiro atoms. The van der Waals surface area contributed by atoms with E-state index in [9.17, 15) is 9.18 Å². The first kappa shape index (κ1) is 17.1. The zero-order chi connectivity index (χ0) is 19.1. The standard InChI is InChI=1S/C20H20FN5O2/c21-16(12-2-5-28-6-3-12)11-26-17-8-15(10-24-19(17)25-20(26)27)14-7-13-1-4-22-18(13)23-9-14/h1,4,7-10,12,16H,2-3,5-6,11H2,(H,22,23)(H,24,25,27). The Morgan fingerprint density at radius 2 is 1.93 bits per heavy atom. The highest BCUT2D eigenvalue weighted by atomic mass is 19.1. The van der Waals surface area contributed by atoms with Crippen LogP contribution in [-0.2, 0) is 11.3 Å². The summed E-state index contributed by atoms with van der Waals surface area (Å²) in [6, 6.07) is 5.83. The van der Waals surface area contributed by atoms with Crippen LogP contribution in [0.5, 0.6) is 0 Å². The SMILES string of the molecule is O=c1[nH]c2ncc(-c3cnc4[nH]ccc4c3)cc2n1CC(F)C1CCOCC1. The fourth-order valence-corrected chi connectivity index (χ4v) is 3.87. The van der Waals surface area contributed by atoms with Crippen LogP contribution in [0, 0.1) is 5.92 Å². The van der Waals surface area contributed by atoms with E-state index in [4.69, 9.17) is 4.74 Å². The normalized spacial score (nSPS) is 16.8. The molecule has 1 fully saturated rings. The molecule has 1 atom stereocenters. The Labute approximate surface area is 159 Å². The average Bonchev–Trinajstić information content (AvgIpc) is 3.32. The summed E-state index contributed by atoms with van der Waals surface area (Å²) >= 11 is 0.